The molecule has 118 valence electrons. The lowest BCUT2D eigenvalue weighted by molar-refractivity contribution is -0.137. The Bertz CT molecular complexity index is 246. The fraction of sp³-hybridized carbons (Fsp3) is 0.833. The van der Waals surface area contributed by atoms with E-state index in [0.29, 0.717) is 5.76 Å². The van der Waals surface area contributed by atoms with Crippen molar-refractivity contribution in [3.63, 3.8) is 0 Å². The zero-order valence-electron chi connectivity index (χ0n) is 13.7. The van der Waals surface area contributed by atoms with Crippen molar-refractivity contribution in [1.82, 2.24) is 0 Å². The van der Waals surface area contributed by atoms with Gasteiger partial charge in [-0.05, 0) is 6.42 Å². The standard InChI is InChI=1S/C18H34O2/c1-4-5-6-7-8-9-10-11-12-13-14-15-16-17(2)20-18(3)19/h2,4-16H2,1,3H3. The number of esters is 1. The Balaban J connectivity index is 3.09. The third-order valence-corrected chi connectivity index (χ3v) is 3.60. The van der Waals surface area contributed by atoms with E-state index in [4.69, 9.17) is 4.74 Å². The minimum absolute atomic E-state index is 0.256. The summed E-state index contributed by atoms with van der Waals surface area (Å²) < 4.78 is 4.92. The number of ether oxygens (including phenoxy) is 1. The minimum Gasteiger partial charge on any atom is -0.432 e. The van der Waals surface area contributed by atoms with E-state index in [1.807, 2.05) is 0 Å². The third kappa shape index (κ3) is 15.3. The van der Waals surface area contributed by atoms with Gasteiger partial charge in [-0.15, -0.1) is 0 Å². The number of carbonyl (C=O) groups excluding carboxylic acids is 1. The second-order valence-corrected chi connectivity index (χ2v) is 5.77. The van der Waals surface area contributed by atoms with Gasteiger partial charge in [0.05, 0.1) is 0 Å². The van der Waals surface area contributed by atoms with Gasteiger partial charge in [-0.2, -0.15) is 0 Å². The summed E-state index contributed by atoms with van der Waals surface area (Å²) in [7, 11) is 0. The van der Waals surface area contributed by atoms with Crippen LogP contribution in [0.3, 0.4) is 0 Å². The van der Waals surface area contributed by atoms with E-state index in [1.54, 1.807) is 0 Å². The van der Waals surface area contributed by atoms with Crippen molar-refractivity contribution in [1.29, 1.82) is 0 Å². The summed E-state index contributed by atoms with van der Waals surface area (Å²) in [5, 5.41) is 0. The van der Waals surface area contributed by atoms with Gasteiger partial charge >= 0.3 is 5.97 Å². The molecule has 0 saturated carbocycles. The van der Waals surface area contributed by atoms with Crippen LogP contribution in [-0.2, 0) is 9.53 Å². The molecule has 0 radical (unpaired) electrons. The molecule has 0 N–H and O–H groups in total. The highest BCUT2D eigenvalue weighted by atomic mass is 16.5. The maximum atomic E-state index is 10.7. The topological polar surface area (TPSA) is 26.3 Å². The lowest BCUT2D eigenvalue weighted by atomic mass is 10.0. The van der Waals surface area contributed by atoms with Crippen LogP contribution in [0.15, 0.2) is 12.3 Å². The molecule has 0 atom stereocenters. The first kappa shape index (κ1) is 19.2. The summed E-state index contributed by atoms with van der Waals surface area (Å²) >= 11 is 0. The van der Waals surface area contributed by atoms with E-state index in [1.165, 1.54) is 77.6 Å². The van der Waals surface area contributed by atoms with Crippen molar-refractivity contribution in [2.45, 2.75) is 97.3 Å². The molecule has 2 nitrogen and oxygen atoms in total. The number of allylic oxidation sites excluding steroid dienone is 1. The van der Waals surface area contributed by atoms with Crippen molar-refractivity contribution >= 4 is 5.97 Å². The number of carbonyl (C=O) groups is 1. The SMILES string of the molecule is C=C(CCCCCCCCCCCCCC)OC(C)=O. The Labute approximate surface area is 126 Å². The Hall–Kier alpha value is -0.790. The lowest BCUT2D eigenvalue weighted by Gasteiger charge is -2.05. The van der Waals surface area contributed by atoms with Gasteiger partial charge in [-0.3, -0.25) is 4.79 Å². The summed E-state index contributed by atoms with van der Waals surface area (Å²) in [6.45, 7) is 7.43. The van der Waals surface area contributed by atoms with E-state index < -0.39 is 0 Å². The summed E-state index contributed by atoms with van der Waals surface area (Å²) in [4.78, 5) is 10.7. The van der Waals surface area contributed by atoms with Gasteiger partial charge in [-0.1, -0.05) is 84.1 Å². The molecule has 0 spiro atoms. The molecule has 0 bridgehead atoms. The summed E-state index contributed by atoms with van der Waals surface area (Å²) in [5.41, 5.74) is 0. The lowest BCUT2D eigenvalue weighted by Crippen LogP contribution is -1.97. The van der Waals surface area contributed by atoms with Gasteiger partial charge in [-0.25, -0.2) is 0 Å². The fourth-order valence-electron chi connectivity index (χ4n) is 2.42. The molecule has 0 amide bonds. The second-order valence-electron chi connectivity index (χ2n) is 5.77. The van der Waals surface area contributed by atoms with E-state index >= 15 is 0 Å². The average Bonchev–Trinajstić information content (AvgIpc) is 2.39. The van der Waals surface area contributed by atoms with Gasteiger partial charge < -0.3 is 4.74 Å². The predicted octanol–water partition coefficient (Wildman–Crippen LogP) is 6.15. The van der Waals surface area contributed by atoms with Crippen LogP contribution < -0.4 is 0 Å². The molecular weight excluding hydrogens is 248 g/mol. The minimum atomic E-state index is -0.256. The van der Waals surface area contributed by atoms with Crippen LogP contribution in [0.5, 0.6) is 0 Å². The van der Waals surface area contributed by atoms with Gasteiger partial charge in [0, 0.05) is 13.3 Å². The molecule has 0 rings (SSSR count). The Kier molecular flexibility index (Phi) is 14.0. The van der Waals surface area contributed by atoms with Crippen LogP contribution >= 0.6 is 0 Å². The molecule has 0 aliphatic heterocycles. The van der Waals surface area contributed by atoms with Crippen LogP contribution in [0.25, 0.3) is 0 Å². The van der Waals surface area contributed by atoms with Crippen LogP contribution in [0.2, 0.25) is 0 Å². The van der Waals surface area contributed by atoms with E-state index in [9.17, 15) is 4.79 Å². The van der Waals surface area contributed by atoms with E-state index in [0.717, 1.165) is 12.8 Å². The number of hydrogen-bond acceptors (Lipinski definition) is 2. The monoisotopic (exact) mass is 282 g/mol. The largest absolute Gasteiger partial charge is 0.432 e. The first-order chi connectivity index (χ1) is 9.66. The average molecular weight is 282 g/mol. The highest BCUT2D eigenvalue weighted by Gasteiger charge is 1.99. The molecule has 0 aliphatic rings. The van der Waals surface area contributed by atoms with Crippen LogP contribution in [0.1, 0.15) is 97.3 Å². The zero-order valence-corrected chi connectivity index (χ0v) is 13.7. The van der Waals surface area contributed by atoms with Crippen LogP contribution in [0, 0.1) is 0 Å². The predicted molar refractivity (Wildman–Crippen MR) is 86.6 cm³/mol. The summed E-state index contributed by atoms with van der Waals surface area (Å²) in [5.74, 6) is 0.360. The van der Waals surface area contributed by atoms with Crippen molar-refractivity contribution in [3.05, 3.63) is 12.3 Å². The fourth-order valence-corrected chi connectivity index (χ4v) is 2.42. The molecule has 0 aliphatic carbocycles. The van der Waals surface area contributed by atoms with Gasteiger partial charge in [0.2, 0.25) is 0 Å². The molecule has 2 heteroatoms. The van der Waals surface area contributed by atoms with E-state index in [2.05, 4.69) is 13.5 Å². The normalized spacial score (nSPS) is 10.5. The first-order valence-corrected chi connectivity index (χ1v) is 8.53. The highest BCUT2D eigenvalue weighted by molar-refractivity contribution is 5.67. The molecule has 0 heterocycles. The Morgan fingerprint density at radius 2 is 1.20 bits per heavy atom. The van der Waals surface area contributed by atoms with Gasteiger partial charge in [0.25, 0.3) is 0 Å². The maximum absolute atomic E-state index is 10.7. The highest BCUT2D eigenvalue weighted by Crippen LogP contribution is 2.14. The number of hydrogen-bond donors (Lipinski definition) is 0. The summed E-state index contributed by atoms with van der Waals surface area (Å²) in [6.07, 6.45) is 16.9. The van der Waals surface area contributed by atoms with Crippen LogP contribution in [0.4, 0.5) is 0 Å². The smallest absolute Gasteiger partial charge is 0.307 e. The quantitative estimate of drug-likeness (QED) is 0.217. The molecular formula is C18H34O2. The Morgan fingerprint density at radius 1 is 0.800 bits per heavy atom. The summed E-state index contributed by atoms with van der Waals surface area (Å²) in [6, 6.07) is 0. The number of unbranched alkanes of at least 4 members (excludes halogenated alkanes) is 11. The van der Waals surface area contributed by atoms with Crippen molar-refractivity contribution in [2.24, 2.45) is 0 Å². The second kappa shape index (κ2) is 14.6. The van der Waals surface area contributed by atoms with Gasteiger partial charge in [0.15, 0.2) is 0 Å². The van der Waals surface area contributed by atoms with Crippen molar-refractivity contribution in [2.75, 3.05) is 0 Å². The first-order valence-electron chi connectivity index (χ1n) is 8.53. The van der Waals surface area contributed by atoms with E-state index in [-0.39, 0.29) is 5.97 Å². The third-order valence-electron chi connectivity index (χ3n) is 3.60. The Morgan fingerprint density at radius 3 is 1.60 bits per heavy atom. The zero-order chi connectivity index (χ0) is 15.1. The van der Waals surface area contributed by atoms with Gasteiger partial charge in [0.1, 0.15) is 5.76 Å². The van der Waals surface area contributed by atoms with Crippen molar-refractivity contribution in [3.8, 4) is 0 Å². The molecule has 0 fully saturated rings. The molecule has 20 heavy (non-hydrogen) atoms. The molecule has 0 aromatic carbocycles. The van der Waals surface area contributed by atoms with Crippen molar-refractivity contribution < 1.29 is 9.53 Å². The molecule has 0 aromatic heterocycles. The number of rotatable bonds is 14. The maximum Gasteiger partial charge on any atom is 0.307 e. The molecule has 0 aromatic rings. The molecule has 0 unspecified atom stereocenters. The molecule has 0 saturated heterocycles. The van der Waals surface area contributed by atoms with Crippen LogP contribution in [-0.4, -0.2) is 5.97 Å².